The Hall–Kier alpha value is -2.59. The second-order valence-corrected chi connectivity index (χ2v) is 7.46. The van der Waals surface area contributed by atoms with Crippen LogP contribution < -0.4 is 5.73 Å². The predicted molar refractivity (Wildman–Crippen MR) is 122 cm³/mol. The van der Waals surface area contributed by atoms with Crippen molar-refractivity contribution in [2.75, 3.05) is 0 Å². The molecule has 0 aromatic heterocycles. The zero-order chi connectivity index (χ0) is 20.5. The molecule has 0 saturated carbocycles. The minimum atomic E-state index is -0.276. The molecule has 0 unspecified atom stereocenters. The Labute approximate surface area is 171 Å². The lowest BCUT2D eigenvalue weighted by Gasteiger charge is -2.14. The highest BCUT2D eigenvalue weighted by Crippen LogP contribution is 2.37. The van der Waals surface area contributed by atoms with E-state index in [1.54, 1.807) is 12.1 Å². The molecular weight excluding hydrogens is 367 g/mol. The van der Waals surface area contributed by atoms with Crippen LogP contribution in [-0.4, -0.2) is 6.72 Å². The van der Waals surface area contributed by atoms with Crippen LogP contribution in [0.2, 0.25) is 0 Å². The Kier molecular flexibility index (Phi) is 8.27. The summed E-state index contributed by atoms with van der Waals surface area (Å²) in [4.78, 5) is 5.46. The maximum atomic E-state index is 13.2. The summed E-state index contributed by atoms with van der Waals surface area (Å²) in [7, 11) is 0. The zero-order valence-electron chi connectivity index (χ0n) is 16.5. The highest BCUT2D eigenvalue weighted by atomic mass is 32.2. The van der Waals surface area contributed by atoms with Crippen molar-refractivity contribution in [3.8, 4) is 0 Å². The van der Waals surface area contributed by atoms with Gasteiger partial charge in [-0.3, -0.25) is 0 Å². The summed E-state index contributed by atoms with van der Waals surface area (Å²) < 4.78 is 13.2. The summed E-state index contributed by atoms with van der Waals surface area (Å²) in [6.45, 7) is 12.1. The molecule has 28 heavy (non-hydrogen) atoms. The molecule has 0 amide bonds. The number of hydrogen-bond donors (Lipinski definition) is 1. The van der Waals surface area contributed by atoms with Crippen molar-refractivity contribution >= 4 is 29.6 Å². The lowest BCUT2D eigenvalue weighted by atomic mass is 9.97. The second-order valence-electron chi connectivity index (χ2n) is 6.37. The highest BCUT2D eigenvalue weighted by Gasteiger charge is 2.13. The summed E-state index contributed by atoms with van der Waals surface area (Å²) in [5, 5.41) is 0. The van der Waals surface area contributed by atoms with Gasteiger partial charge in [-0.05, 0) is 66.1 Å². The van der Waals surface area contributed by atoms with Gasteiger partial charge in [0.1, 0.15) is 11.6 Å². The van der Waals surface area contributed by atoms with Crippen molar-refractivity contribution in [2.24, 2.45) is 10.7 Å². The van der Waals surface area contributed by atoms with E-state index < -0.39 is 0 Å². The number of rotatable bonds is 9. The van der Waals surface area contributed by atoms with Crippen molar-refractivity contribution in [3.05, 3.63) is 88.9 Å². The van der Waals surface area contributed by atoms with Crippen molar-refractivity contribution in [1.82, 2.24) is 0 Å². The van der Waals surface area contributed by atoms with Gasteiger partial charge in [-0.25, -0.2) is 9.38 Å². The van der Waals surface area contributed by atoms with Crippen LogP contribution in [0.3, 0.4) is 0 Å². The van der Waals surface area contributed by atoms with Gasteiger partial charge in [0.2, 0.25) is 0 Å². The summed E-state index contributed by atoms with van der Waals surface area (Å²) in [6.07, 6.45) is 5.48. The predicted octanol–water partition coefficient (Wildman–Crippen LogP) is 7.05. The van der Waals surface area contributed by atoms with E-state index in [2.05, 4.69) is 62.5 Å². The Morgan fingerprint density at radius 2 is 1.68 bits per heavy atom. The first kappa shape index (κ1) is 21.7. The lowest BCUT2D eigenvalue weighted by Crippen LogP contribution is -2.00. The van der Waals surface area contributed by atoms with Crippen LogP contribution in [0.25, 0.3) is 11.1 Å². The molecule has 0 aliphatic rings. The molecule has 2 aromatic rings. The number of hydrogen-bond acceptors (Lipinski definition) is 3. The quantitative estimate of drug-likeness (QED) is 0.281. The number of nitrogens with zero attached hydrogens (tertiary/aromatic N) is 1. The van der Waals surface area contributed by atoms with Gasteiger partial charge >= 0.3 is 0 Å². The first-order valence-corrected chi connectivity index (χ1v) is 10.2. The largest absolute Gasteiger partial charge is 0.383 e. The van der Waals surface area contributed by atoms with E-state index in [9.17, 15) is 4.39 Å². The average molecular weight is 395 g/mol. The van der Waals surface area contributed by atoms with E-state index in [4.69, 9.17) is 5.73 Å². The fraction of sp³-hybridized carbons (Fsp3) is 0.208. The van der Waals surface area contributed by atoms with E-state index in [0.717, 1.165) is 35.3 Å². The molecule has 2 nitrogen and oxygen atoms in total. The fourth-order valence-electron chi connectivity index (χ4n) is 2.86. The summed E-state index contributed by atoms with van der Waals surface area (Å²) in [6, 6.07) is 14.6. The number of thioether (sulfide) groups is 1. The van der Waals surface area contributed by atoms with Crippen molar-refractivity contribution in [2.45, 2.75) is 38.0 Å². The van der Waals surface area contributed by atoms with Crippen molar-refractivity contribution in [3.63, 3.8) is 0 Å². The molecule has 0 aliphatic heterocycles. The maximum Gasteiger partial charge on any atom is 0.137 e. The molecule has 146 valence electrons. The summed E-state index contributed by atoms with van der Waals surface area (Å²) in [5.41, 5.74) is 10.4. The Bertz CT molecular complexity index is 878. The molecule has 2 rings (SSSR count). The van der Waals surface area contributed by atoms with Crippen LogP contribution in [0.1, 0.15) is 44.2 Å². The van der Waals surface area contributed by atoms with Crippen molar-refractivity contribution in [1.29, 1.82) is 0 Å². The fourth-order valence-corrected chi connectivity index (χ4v) is 3.78. The first-order valence-electron chi connectivity index (χ1n) is 9.39. The molecule has 2 aromatic carbocycles. The zero-order valence-corrected chi connectivity index (χ0v) is 17.4. The molecule has 0 spiro atoms. The van der Waals surface area contributed by atoms with Crippen LogP contribution in [0, 0.1) is 5.82 Å². The van der Waals surface area contributed by atoms with Crippen LogP contribution >= 0.6 is 11.8 Å². The van der Waals surface area contributed by atoms with E-state index in [0.29, 0.717) is 10.7 Å². The van der Waals surface area contributed by atoms with E-state index in [-0.39, 0.29) is 5.82 Å². The van der Waals surface area contributed by atoms with Gasteiger partial charge in [-0.15, -0.1) is 0 Å². The molecular formula is C24H27FN2S. The molecule has 0 atom stereocenters. The van der Waals surface area contributed by atoms with Gasteiger partial charge in [0, 0.05) is 4.90 Å². The molecule has 0 radical (unpaired) electrons. The lowest BCUT2D eigenvalue weighted by molar-refractivity contribution is 0.626. The molecule has 0 heterocycles. The monoisotopic (exact) mass is 394 g/mol. The number of halogens is 1. The van der Waals surface area contributed by atoms with Crippen LogP contribution in [0.15, 0.2) is 81.8 Å². The van der Waals surface area contributed by atoms with Crippen LogP contribution in [0.4, 0.5) is 4.39 Å². The van der Waals surface area contributed by atoms with E-state index in [1.165, 1.54) is 35.0 Å². The van der Waals surface area contributed by atoms with Crippen LogP contribution in [0.5, 0.6) is 0 Å². The summed E-state index contributed by atoms with van der Waals surface area (Å²) in [5.74, 6) is 0.0306. The number of allylic oxidation sites excluding steroid dienone is 3. The average Bonchev–Trinajstić information content (AvgIpc) is 2.72. The third kappa shape index (κ3) is 5.70. The molecule has 2 N–H and O–H groups in total. The van der Waals surface area contributed by atoms with Crippen molar-refractivity contribution < 1.29 is 4.39 Å². The second kappa shape index (κ2) is 10.7. The van der Waals surface area contributed by atoms with Gasteiger partial charge in [-0.1, -0.05) is 69.0 Å². The Morgan fingerprint density at radius 3 is 2.21 bits per heavy atom. The standard InChI is InChI=1S/C24H27FN2S/c1-5-7-19(8-6-2)20-11-9-18(10-12-20)17(3)23(24(26)27-4)28-22-15-13-21(25)14-16-22/h7,9-16H,3-6,8,26H2,1-2H3/b19-7-,24-23-. The smallest absolute Gasteiger partial charge is 0.137 e. The van der Waals surface area contributed by atoms with Crippen LogP contribution in [-0.2, 0) is 0 Å². The van der Waals surface area contributed by atoms with Gasteiger partial charge in [0.25, 0.3) is 0 Å². The Balaban J connectivity index is 2.30. The number of benzene rings is 2. The van der Waals surface area contributed by atoms with E-state index in [1.807, 2.05) is 0 Å². The van der Waals surface area contributed by atoms with Gasteiger partial charge < -0.3 is 5.73 Å². The van der Waals surface area contributed by atoms with Gasteiger partial charge in [-0.2, -0.15) is 0 Å². The number of nitrogens with two attached hydrogens (primary N) is 1. The highest BCUT2D eigenvalue weighted by molar-refractivity contribution is 8.03. The minimum Gasteiger partial charge on any atom is -0.383 e. The van der Waals surface area contributed by atoms with Gasteiger partial charge in [0.15, 0.2) is 0 Å². The third-order valence-corrected chi connectivity index (χ3v) is 5.45. The normalized spacial score (nSPS) is 12.5. The Morgan fingerprint density at radius 1 is 1.07 bits per heavy atom. The maximum absolute atomic E-state index is 13.2. The van der Waals surface area contributed by atoms with E-state index >= 15 is 0 Å². The molecule has 0 bridgehead atoms. The topological polar surface area (TPSA) is 38.4 Å². The van der Waals surface area contributed by atoms with Gasteiger partial charge in [0.05, 0.1) is 4.91 Å². The molecule has 0 aliphatic carbocycles. The number of aliphatic imine (C=N–C) groups is 1. The molecule has 4 heteroatoms. The molecule has 0 fully saturated rings. The summed E-state index contributed by atoms with van der Waals surface area (Å²) >= 11 is 1.40. The first-order chi connectivity index (χ1) is 13.5. The molecule has 0 saturated heterocycles. The minimum absolute atomic E-state index is 0.276. The third-order valence-electron chi connectivity index (χ3n) is 4.28. The SMILES string of the molecule is C=N/C(N)=C(\Sc1ccc(F)cc1)C(=C)c1ccc(/C(=C\CC)CCC)cc1.